The van der Waals surface area contributed by atoms with Gasteiger partial charge in [-0.1, -0.05) is 18.2 Å². The van der Waals surface area contributed by atoms with E-state index in [0.29, 0.717) is 5.88 Å². The molecule has 82 valence electrons. The minimum absolute atomic E-state index is 0.683. The zero-order chi connectivity index (χ0) is 11.1. The van der Waals surface area contributed by atoms with Crippen LogP contribution in [0.15, 0.2) is 34.8 Å². The number of ether oxygens (including phenoxy) is 1. The van der Waals surface area contributed by atoms with Gasteiger partial charge in [0.05, 0.1) is 11.6 Å². The van der Waals surface area contributed by atoms with E-state index in [0.717, 1.165) is 23.1 Å². The largest absolute Gasteiger partial charge is 0.496 e. The van der Waals surface area contributed by atoms with Crippen molar-refractivity contribution in [3.63, 3.8) is 0 Å². The van der Waals surface area contributed by atoms with Gasteiger partial charge in [0.15, 0.2) is 0 Å². The molecule has 0 radical (unpaired) electrons. The molecule has 0 aliphatic heterocycles. The Bertz CT molecular complexity index is 336. The van der Waals surface area contributed by atoms with Gasteiger partial charge in [-0.15, -0.1) is 11.6 Å². The molecule has 0 atom stereocenters. The van der Waals surface area contributed by atoms with Crippen molar-refractivity contribution < 1.29 is 4.74 Å². The predicted molar refractivity (Wildman–Crippen MR) is 68.9 cm³/mol. The van der Waals surface area contributed by atoms with Crippen LogP contribution in [-0.2, 0) is 6.42 Å². The SMILES string of the molecule is COc1ccc(CC=CCCCl)cc1Br. The Labute approximate surface area is 104 Å². The first kappa shape index (κ1) is 12.6. The molecule has 0 aliphatic rings. The van der Waals surface area contributed by atoms with E-state index >= 15 is 0 Å². The summed E-state index contributed by atoms with van der Waals surface area (Å²) in [5.41, 5.74) is 1.26. The second kappa shape index (κ2) is 6.91. The Morgan fingerprint density at radius 1 is 1.40 bits per heavy atom. The molecule has 0 N–H and O–H groups in total. The highest BCUT2D eigenvalue weighted by atomic mass is 79.9. The summed E-state index contributed by atoms with van der Waals surface area (Å²) < 4.78 is 6.15. The molecule has 0 fully saturated rings. The molecule has 1 aromatic rings. The average molecular weight is 290 g/mol. The molecule has 0 unspecified atom stereocenters. The van der Waals surface area contributed by atoms with Gasteiger partial charge < -0.3 is 4.74 Å². The summed E-state index contributed by atoms with van der Waals surface area (Å²) in [5.74, 6) is 1.55. The lowest BCUT2D eigenvalue weighted by Crippen LogP contribution is -1.87. The van der Waals surface area contributed by atoms with Crippen LogP contribution in [0, 0.1) is 0 Å². The first-order valence-electron chi connectivity index (χ1n) is 4.81. The van der Waals surface area contributed by atoms with E-state index in [1.165, 1.54) is 5.56 Å². The van der Waals surface area contributed by atoms with Gasteiger partial charge in [-0.25, -0.2) is 0 Å². The summed E-state index contributed by atoms with van der Waals surface area (Å²) in [5, 5.41) is 0. The van der Waals surface area contributed by atoms with Crippen molar-refractivity contribution in [1.29, 1.82) is 0 Å². The number of methoxy groups -OCH3 is 1. The number of hydrogen-bond donors (Lipinski definition) is 0. The minimum Gasteiger partial charge on any atom is -0.496 e. The highest BCUT2D eigenvalue weighted by Crippen LogP contribution is 2.25. The predicted octanol–water partition coefficient (Wildman–Crippen LogP) is 4.19. The first-order valence-corrected chi connectivity index (χ1v) is 6.14. The van der Waals surface area contributed by atoms with Gasteiger partial charge in [0.1, 0.15) is 5.75 Å². The van der Waals surface area contributed by atoms with E-state index < -0.39 is 0 Å². The van der Waals surface area contributed by atoms with E-state index in [1.807, 2.05) is 6.07 Å². The quantitative estimate of drug-likeness (QED) is 0.583. The fraction of sp³-hybridized carbons (Fsp3) is 0.333. The third-order valence-corrected chi connectivity index (χ3v) is 2.85. The Kier molecular flexibility index (Phi) is 5.81. The molecule has 1 rings (SSSR count). The van der Waals surface area contributed by atoms with Crippen LogP contribution in [0.1, 0.15) is 12.0 Å². The molecular weight excluding hydrogens is 275 g/mol. The van der Waals surface area contributed by atoms with E-state index in [-0.39, 0.29) is 0 Å². The minimum atomic E-state index is 0.683. The van der Waals surface area contributed by atoms with Crippen LogP contribution in [0.2, 0.25) is 0 Å². The van der Waals surface area contributed by atoms with E-state index in [1.54, 1.807) is 7.11 Å². The summed E-state index contributed by atoms with van der Waals surface area (Å²) in [6, 6.07) is 6.10. The van der Waals surface area contributed by atoms with Crippen LogP contribution in [0.5, 0.6) is 5.75 Å². The van der Waals surface area contributed by atoms with Gasteiger partial charge >= 0.3 is 0 Å². The van der Waals surface area contributed by atoms with Crippen molar-refractivity contribution in [2.75, 3.05) is 13.0 Å². The van der Waals surface area contributed by atoms with Gasteiger partial charge in [-0.05, 0) is 46.5 Å². The van der Waals surface area contributed by atoms with E-state index in [9.17, 15) is 0 Å². The van der Waals surface area contributed by atoms with E-state index in [4.69, 9.17) is 16.3 Å². The Hall–Kier alpha value is -0.470. The Morgan fingerprint density at radius 2 is 2.20 bits per heavy atom. The summed E-state index contributed by atoms with van der Waals surface area (Å²) in [4.78, 5) is 0. The summed E-state index contributed by atoms with van der Waals surface area (Å²) in [7, 11) is 1.67. The lowest BCUT2D eigenvalue weighted by molar-refractivity contribution is 0.412. The summed E-state index contributed by atoms with van der Waals surface area (Å²) in [6.07, 6.45) is 6.10. The van der Waals surface area contributed by atoms with Crippen molar-refractivity contribution in [1.82, 2.24) is 0 Å². The summed E-state index contributed by atoms with van der Waals surface area (Å²) >= 11 is 9.03. The molecule has 0 saturated heterocycles. The number of halogens is 2. The van der Waals surface area contributed by atoms with Crippen molar-refractivity contribution in [3.8, 4) is 5.75 Å². The third kappa shape index (κ3) is 4.27. The second-order valence-electron chi connectivity index (χ2n) is 3.12. The highest BCUT2D eigenvalue weighted by molar-refractivity contribution is 9.10. The smallest absolute Gasteiger partial charge is 0.133 e. The van der Waals surface area contributed by atoms with Crippen molar-refractivity contribution >= 4 is 27.5 Å². The molecule has 3 heteroatoms. The van der Waals surface area contributed by atoms with Crippen LogP contribution in [0.4, 0.5) is 0 Å². The van der Waals surface area contributed by atoms with Gasteiger partial charge in [-0.2, -0.15) is 0 Å². The highest BCUT2D eigenvalue weighted by Gasteiger charge is 1.99. The maximum Gasteiger partial charge on any atom is 0.133 e. The van der Waals surface area contributed by atoms with Crippen LogP contribution < -0.4 is 4.74 Å². The average Bonchev–Trinajstić information content (AvgIpc) is 2.25. The molecule has 0 spiro atoms. The molecule has 0 bridgehead atoms. The number of rotatable bonds is 5. The second-order valence-corrected chi connectivity index (χ2v) is 4.35. The maximum atomic E-state index is 5.57. The molecule has 0 aromatic heterocycles. The first-order chi connectivity index (χ1) is 7.27. The monoisotopic (exact) mass is 288 g/mol. The van der Waals surface area contributed by atoms with Crippen LogP contribution in [-0.4, -0.2) is 13.0 Å². The fourth-order valence-electron chi connectivity index (χ4n) is 1.24. The number of benzene rings is 1. The lowest BCUT2D eigenvalue weighted by Gasteiger charge is -2.04. The normalized spacial score (nSPS) is 10.9. The Morgan fingerprint density at radius 3 is 2.80 bits per heavy atom. The maximum absolute atomic E-state index is 5.57. The van der Waals surface area contributed by atoms with Crippen molar-refractivity contribution in [2.24, 2.45) is 0 Å². The van der Waals surface area contributed by atoms with Crippen molar-refractivity contribution in [3.05, 3.63) is 40.4 Å². The van der Waals surface area contributed by atoms with Crippen molar-refractivity contribution in [2.45, 2.75) is 12.8 Å². The number of alkyl halides is 1. The third-order valence-electron chi connectivity index (χ3n) is 2.01. The van der Waals surface area contributed by atoms with Crippen LogP contribution in [0.25, 0.3) is 0 Å². The van der Waals surface area contributed by atoms with Crippen LogP contribution >= 0.6 is 27.5 Å². The Balaban J connectivity index is 2.59. The molecule has 0 amide bonds. The molecule has 1 aromatic carbocycles. The summed E-state index contributed by atoms with van der Waals surface area (Å²) in [6.45, 7) is 0. The van der Waals surface area contributed by atoms with Gasteiger partial charge in [0.2, 0.25) is 0 Å². The molecule has 1 nitrogen and oxygen atoms in total. The molecule has 0 saturated carbocycles. The number of allylic oxidation sites excluding steroid dienone is 2. The van der Waals surface area contributed by atoms with Gasteiger partial charge in [0, 0.05) is 5.88 Å². The molecule has 0 aliphatic carbocycles. The fourth-order valence-corrected chi connectivity index (χ4v) is 1.95. The lowest BCUT2D eigenvalue weighted by atomic mass is 10.1. The molecule has 15 heavy (non-hydrogen) atoms. The van der Waals surface area contributed by atoms with Gasteiger partial charge in [0.25, 0.3) is 0 Å². The topological polar surface area (TPSA) is 9.23 Å². The standard InChI is InChI=1S/C12H14BrClO/c1-15-12-7-6-10(9-11(12)13)5-3-2-4-8-14/h2-3,6-7,9H,4-5,8H2,1H3. The zero-order valence-electron chi connectivity index (χ0n) is 8.67. The zero-order valence-corrected chi connectivity index (χ0v) is 11.0. The number of hydrogen-bond acceptors (Lipinski definition) is 1. The molecular formula is C12H14BrClO. The van der Waals surface area contributed by atoms with Crippen LogP contribution in [0.3, 0.4) is 0 Å². The van der Waals surface area contributed by atoms with E-state index in [2.05, 4.69) is 40.2 Å². The molecule has 0 heterocycles. The van der Waals surface area contributed by atoms with Gasteiger partial charge in [-0.3, -0.25) is 0 Å².